The minimum absolute atomic E-state index is 0.359. The molecule has 0 aliphatic carbocycles. The first-order valence-corrected chi connectivity index (χ1v) is 7.26. The zero-order chi connectivity index (χ0) is 14.0. The van der Waals surface area contributed by atoms with Gasteiger partial charge in [0.1, 0.15) is 10.8 Å². The Morgan fingerprint density at radius 3 is 2.47 bits per heavy atom. The van der Waals surface area contributed by atoms with Gasteiger partial charge >= 0.3 is 0 Å². The number of nitrogens with one attached hydrogen (secondary N) is 1. The van der Waals surface area contributed by atoms with E-state index in [-0.39, 0.29) is 0 Å². The number of aryl methyl sites for hydroxylation is 2. The van der Waals surface area contributed by atoms with Gasteiger partial charge < -0.3 is 11.1 Å². The molecule has 0 atom stereocenters. The summed E-state index contributed by atoms with van der Waals surface area (Å²) in [6.07, 6.45) is 0. The number of thiocarbonyl (C=S) groups is 1. The van der Waals surface area contributed by atoms with Crippen LogP contribution in [0.5, 0.6) is 0 Å². The number of rotatable bonds is 3. The summed E-state index contributed by atoms with van der Waals surface area (Å²) in [4.78, 5) is 4.85. The van der Waals surface area contributed by atoms with Gasteiger partial charge in [0.25, 0.3) is 0 Å². The number of benzene rings is 1. The van der Waals surface area contributed by atoms with Crippen LogP contribution in [-0.4, -0.2) is 9.97 Å². The summed E-state index contributed by atoms with van der Waals surface area (Å²) < 4.78 is 1.19. The molecule has 0 aliphatic heterocycles. The summed E-state index contributed by atoms with van der Waals surface area (Å²) in [7, 11) is 0. The van der Waals surface area contributed by atoms with Crippen LogP contribution in [0.1, 0.15) is 16.8 Å². The van der Waals surface area contributed by atoms with Crippen molar-refractivity contribution in [3.05, 3.63) is 50.7 Å². The molecule has 0 fully saturated rings. The Kier molecular flexibility index (Phi) is 4.36. The Morgan fingerprint density at radius 1 is 1.26 bits per heavy atom. The number of nitrogens with zero attached hydrogens (tertiary/aromatic N) is 1. The van der Waals surface area contributed by atoms with E-state index in [2.05, 4.69) is 32.9 Å². The van der Waals surface area contributed by atoms with Crippen molar-refractivity contribution in [3.8, 4) is 0 Å². The van der Waals surface area contributed by atoms with E-state index in [0.29, 0.717) is 10.8 Å². The van der Waals surface area contributed by atoms with Crippen molar-refractivity contribution in [3.63, 3.8) is 0 Å². The molecule has 1 heterocycles. The van der Waals surface area contributed by atoms with Gasteiger partial charge in [0, 0.05) is 15.0 Å². The molecular formula is C14H14IN3S. The lowest BCUT2D eigenvalue weighted by Crippen LogP contribution is -2.15. The predicted octanol–water partition coefficient (Wildman–Crippen LogP) is 3.68. The molecule has 1 aromatic carbocycles. The predicted molar refractivity (Wildman–Crippen MR) is 92.0 cm³/mol. The quantitative estimate of drug-likeness (QED) is 0.627. The van der Waals surface area contributed by atoms with Crippen LogP contribution < -0.4 is 11.1 Å². The summed E-state index contributed by atoms with van der Waals surface area (Å²) in [6, 6.07) is 10.1. The third-order valence-electron chi connectivity index (χ3n) is 2.70. The van der Waals surface area contributed by atoms with Gasteiger partial charge in [-0.3, -0.25) is 0 Å². The number of anilines is 2. The molecule has 0 bridgehead atoms. The van der Waals surface area contributed by atoms with Crippen molar-refractivity contribution in [2.45, 2.75) is 13.8 Å². The molecule has 0 aliphatic rings. The molecule has 2 rings (SSSR count). The molecule has 5 heteroatoms. The van der Waals surface area contributed by atoms with E-state index in [1.54, 1.807) is 0 Å². The molecule has 0 saturated carbocycles. The average Bonchev–Trinajstić information content (AvgIpc) is 2.30. The van der Waals surface area contributed by atoms with E-state index in [1.165, 1.54) is 3.57 Å². The second-order valence-electron chi connectivity index (χ2n) is 4.30. The summed E-state index contributed by atoms with van der Waals surface area (Å²) >= 11 is 7.39. The number of hydrogen-bond acceptors (Lipinski definition) is 3. The summed E-state index contributed by atoms with van der Waals surface area (Å²) in [5.41, 5.74) is 9.54. The van der Waals surface area contributed by atoms with E-state index in [9.17, 15) is 0 Å². The highest BCUT2D eigenvalue weighted by molar-refractivity contribution is 14.1. The molecule has 0 unspecified atom stereocenters. The Balaban J connectivity index is 2.44. The number of pyridine rings is 1. The maximum atomic E-state index is 5.79. The van der Waals surface area contributed by atoms with Crippen LogP contribution in [-0.2, 0) is 0 Å². The Morgan fingerprint density at radius 2 is 1.89 bits per heavy atom. The van der Waals surface area contributed by atoms with Gasteiger partial charge in [-0.1, -0.05) is 12.2 Å². The molecule has 0 spiro atoms. The number of nitrogens with two attached hydrogens (primary N) is 1. The molecule has 98 valence electrons. The van der Waals surface area contributed by atoms with Gasteiger partial charge in [0.15, 0.2) is 0 Å². The van der Waals surface area contributed by atoms with Gasteiger partial charge in [-0.25, -0.2) is 4.98 Å². The van der Waals surface area contributed by atoms with Crippen molar-refractivity contribution >= 4 is 51.3 Å². The molecule has 2 aromatic rings. The lowest BCUT2D eigenvalue weighted by molar-refractivity contribution is 1.17. The van der Waals surface area contributed by atoms with Crippen LogP contribution >= 0.6 is 34.8 Å². The Bertz CT molecular complexity index is 623. The third-order valence-corrected chi connectivity index (χ3v) is 3.62. The van der Waals surface area contributed by atoms with Gasteiger partial charge in [0.2, 0.25) is 0 Å². The second kappa shape index (κ2) is 5.83. The maximum absolute atomic E-state index is 5.79. The van der Waals surface area contributed by atoms with Crippen LogP contribution in [0, 0.1) is 17.4 Å². The highest BCUT2D eigenvalue weighted by Crippen LogP contribution is 2.23. The van der Waals surface area contributed by atoms with Gasteiger partial charge in [0.05, 0.1) is 5.56 Å². The normalized spacial score (nSPS) is 10.3. The van der Waals surface area contributed by atoms with Gasteiger partial charge in [-0.2, -0.15) is 0 Å². The second-order valence-corrected chi connectivity index (χ2v) is 5.99. The Labute approximate surface area is 131 Å². The molecule has 0 radical (unpaired) electrons. The molecule has 19 heavy (non-hydrogen) atoms. The average molecular weight is 383 g/mol. The van der Waals surface area contributed by atoms with E-state index >= 15 is 0 Å². The Hall–Kier alpha value is -1.21. The first kappa shape index (κ1) is 14.2. The fraction of sp³-hybridized carbons (Fsp3) is 0.143. The number of halogens is 1. The van der Waals surface area contributed by atoms with Gasteiger partial charge in [-0.15, -0.1) is 0 Å². The van der Waals surface area contributed by atoms with Crippen LogP contribution in [0.3, 0.4) is 0 Å². The largest absolute Gasteiger partial charge is 0.389 e. The monoisotopic (exact) mass is 383 g/mol. The smallest absolute Gasteiger partial charge is 0.141 e. The fourth-order valence-electron chi connectivity index (χ4n) is 1.91. The minimum Gasteiger partial charge on any atom is -0.389 e. The highest BCUT2D eigenvalue weighted by atomic mass is 127. The van der Waals surface area contributed by atoms with E-state index in [4.69, 9.17) is 18.0 Å². The zero-order valence-corrected chi connectivity index (χ0v) is 13.7. The van der Waals surface area contributed by atoms with Crippen molar-refractivity contribution in [2.24, 2.45) is 5.73 Å². The molecule has 0 saturated heterocycles. The minimum atomic E-state index is 0.359. The van der Waals surface area contributed by atoms with Crippen molar-refractivity contribution in [1.29, 1.82) is 0 Å². The van der Waals surface area contributed by atoms with Crippen molar-refractivity contribution < 1.29 is 0 Å². The van der Waals surface area contributed by atoms with Crippen molar-refractivity contribution in [2.75, 3.05) is 5.32 Å². The first-order valence-electron chi connectivity index (χ1n) is 5.78. The molecule has 1 aromatic heterocycles. The van der Waals surface area contributed by atoms with E-state index in [0.717, 1.165) is 22.5 Å². The summed E-state index contributed by atoms with van der Waals surface area (Å²) in [5, 5.41) is 3.28. The summed E-state index contributed by atoms with van der Waals surface area (Å²) in [6.45, 7) is 3.94. The topological polar surface area (TPSA) is 50.9 Å². The maximum Gasteiger partial charge on any atom is 0.141 e. The number of aromatic nitrogens is 1. The van der Waals surface area contributed by atoms with Crippen LogP contribution in [0.4, 0.5) is 11.5 Å². The van der Waals surface area contributed by atoms with Crippen LogP contribution in [0.15, 0.2) is 30.3 Å². The first-order chi connectivity index (χ1) is 8.97. The van der Waals surface area contributed by atoms with Gasteiger partial charge in [-0.05, 0) is 72.3 Å². The molecule has 3 nitrogen and oxygen atoms in total. The third kappa shape index (κ3) is 3.42. The lowest BCUT2D eigenvalue weighted by Gasteiger charge is -2.13. The molecule has 0 amide bonds. The summed E-state index contributed by atoms with van der Waals surface area (Å²) in [5.74, 6) is 0.714. The standard InChI is InChI=1S/C14H14IN3S/c1-8-7-9(2)17-14(12(8)13(16)19)18-11-5-3-10(15)4-6-11/h3-7H,1-2H3,(H2,16,19)(H,17,18). The zero-order valence-electron chi connectivity index (χ0n) is 10.7. The van der Waals surface area contributed by atoms with Crippen LogP contribution in [0.25, 0.3) is 0 Å². The van der Waals surface area contributed by atoms with Crippen molar-refractivity contribution in [1.82, 2.24) is 4.98 Å². The van der Waals surface area contributed by atoms with E-state index < -0.39 is 0 Å². The number of hydrogen-bond donors (Lipinski definition) is 2. The molecule has 3 N–H and O–H groups in total. The SMILES string of the molecule is Cc1cc(C)c(C(N)=S)c(Nc2ccc(I)cc2)n1. The lowest BCUT2D eigenvalue weighted by atomic mass is 10.1. The highest BCUT2D eigenvalue weighted by Gasteiger charge is 2.11. The van der Waals surface area contributed by atoms with Crippen LogP contribution in [0.2, 0.25) is 0 Å². The van der Waals surface area contributed by atoms with E-state index in [1.807, 2.05) is 44.2 Å². The molecular weight excluding hydrogens is 369 g/mol. The fourth-order valence-corrected chi connectivity index (χ4v) is 2.53.